The Labute approximate surface area is 166 Å². The van der Waals surface area contributed by atoms with Crippen LogP contribution in [0.1, 0.15) is 11.1 Å². The van der Waals surface area contributed by atoms with Crippen LogP contribution < -0.4 is 10.1 Å². The van der Waals surface area contributed by atoms with Crippen LogP contribution in [0.2, 0.25) is 0 Å². The Morgan fingerprint density at radius 2 is 1.62 bits per heavy atom. The average molecular weight is 455 g/mol. The second-order valence-corrected chi connectivity index (χ2v) is 6.92. The summed E-state index contributed by atoms with van der Waals surface area (Å²) in [6, 6.07) is 25.4. The van der Waals surface area contributed by atoms with Crippen molar-refractivity contribution in [3.8, 4) is 5.75 Å². The van der Waals surface area contributed by atoms with Crippen LogP contribution in [0.25, 0.3) is 6.08 Å². The van der Waals surface area contributed by atoms with Crippen LogP contribution in [-0.2, 0) is 11.4 Å². The molecule has 0 unspecified atom stereocenters. The highest BCUT2D eigenvalue weighted by Gasteiger charge is 1.99. The van der Waals surface area contributed by atoms with Crippen LogP contribution in [0.4, 0.5) is 5.69 Å². The fraction of sp³-hybridized carbons (Fsp3) is 0.0455. The van der Waals surface area contributed by atoms with Gasteiger partial charge in [-0.05, 0) is 76.2 Å². The van der Waals surface area contributed by atoms with Crippen molar-refractivity contribution in [3.63, 3.8) is 0 Å². The lowest BCUT2D eigenvalue weighted by Crippen LogP contribution is -2.07. The fourth-order valence-corrected chi connectivity index (χ4v) is 2.66. The predicted molar refractivity (Wildman–Crippen MR) is 114 cm³/mol. The Kier molecular flexibility index (Phi) is 6.44. The highest BCUT2D eigenvalue weighted by molar-refractivity contribution is 14.1. The Balaban J connectivity index is 1.52. The van der Waals surface area contributed by atoms with Gasteiger partial charge < -0.3 is 10.1 Å². The Morgan fingerprint density at radius 3 is 2.31 bits per heavy atom. The van der Waals surface area contributed by atoms with Crippen LogP contribution in [0.5, 0.6) is 5.75 Å². The van der Waals surface area contributed by atoms with E-state index in [2.05, 4.69) is 27.9 Å². The van der Waals surface area contributed by atoms with E-state index < -0.39 is 0 Å². The first-order valence-electron chi connectivity index (χ1n) is 8.20. The molecule has 1 N–H and O–H groups in total. The number of hydrogen-bond acceptors (Lipinski definition) is 2. The van der Waals surface area contributed by atoms with Crippen LogP contribution in [-0.4, -0.2) is 5.91 Å². The summed E-state index contributed by atoms with van der Waals surface area (Å²) in [5.74, 6) is 0.643. The maximum absolute atomic E-state index is 12.0. The first-order chi connectivity index (χ1) is 12.7. The van der Waals surface area contributed by atoms with Crippen LogP contribution >= 0.6 is 22.6 Å². The van der Waals surface area contributed by atoms with Gasteiger partial charge in [0.15, 0.2) is 0 Å². The monoisotopic (exact) mass is 455 g/mol. The van der Waals surface area contributed by atoms with Crippen LogP contribution in [0, 0.1) is 3.57 Å². The number of carbonyl (C=O) groups excluding carboxylic acids is 1. The molecule has 130 valence electrons. The molecule has 0 spiro atoms. The predicted octanol–water partition coefficient (Wildman–Crippen LogP) is 5.52. The van der Waals surface area contributed by atoms with E-state index in [4.69, 9.17) is 4.74 Å². The molecular formula is C22H18INO2. The molecule has 0 bridgehead atoms. The maximum atomic E-state index is 12.0. The number of benzene rings is 3. The lowest BCUT2D eigenvalue weighted by Gasteiger charge is -2.06. The minimum absolute atomic E-state index is 0.157. The lowest BCUT2D eigenvalue weighted by atomic mass is 10.2. The second kappa shape index (κ2) is 9.20. The molecule has 0 fully saturated rings. The van der Waals surface area contributed by atoms with Gasteiger partial charge in [-0.2, -0.15) is 0 Å². The molecule has 0 aliphatic heterocycles. The Morgan fingerprint density at radius 1 is 0.923 bits per heavy atom. The topological polar surface area (TPSA) is 38.3 Å². The molecular weight excluding hydrogens is 437 g/mol. The van der Waals surface area contributed by atoms with Gasteiger partial charge >= 0.3 is 0 Å². The first kappa shape index (κ1) is 18.2. The third-order valence-corrected chi connectivity index (χ3v) is 4.39. The number of amides is 1. The quantitative estimate of drug-likeness (QED) is 0.393. The molecule has 1 amide bonds. The summed E-state index contributed by atoms with van der Waals surface area (Å²) in [7, 11) is 0. The fourth-order valence-electron chi connectivity index (χ4n) is 2.31. The molecule has 3 rings (SSSR count). The van der Waals surface area contributed by atoms with Gasteiger partial charge in [0.25, 0.3) is 0 Å². The number of halogens is 1. The van der Waals surface area contributed by atoms with Gasteiger partial charge in [0, 0.05) is 15.3 Å². The zero-order valence-electron chi connectivity index (χ0n) is 14.1. The number of rotatable bonds is 6. The maximum Gasteiger partial charge on any atom is 0.248 e. The van der Waals surface area contributed by atoms with Gasteiger partial charge in [-0.25, -0.2) is 0 Å². The van der Waals surface area contributed by atoms with Gasteiger partial charge in [-0.15, -0.1) is 0 Å². The van der Waals surface area contributed by atoms with E-state index in [1.54, 1.807) is 6.08 Å². The van der Waals surface area contributed by atoms with E-state index in [1.807, 2.05) is 78.9 Å². The summed E-state index contributed by atoms with van der Waals surface area (Å²) >= 11 is 2.23. The molecule has 3 aromatic carbocycles. The molecule has 0 radical (unpaired) electrons. The average Bonchev–Trinajstić information content (AvgIpc) is 2.68. The zero-order valence-corrected chi connectivity index (χ0v) is 16.2. The number of ether oxygens (including phenoxy) is 1. The lowest BCUT2D eigenvalue weighted by molar-refractivity contribution is -0.111. The number of anilines is 1. The van der Waals surface area contributed by atoms with Gasteiger partial charge in [0.1, 0.15) is 12.4 Å². The molecule has 3 aromatic rings. The van der Waals surface area contributed by atoms with Crippen molar-refractivity contribution < 1.29 is 9.53 Å². The van der Waals surface area contributed by atoms with Crippen molar-refractivity contribution in [2.75, 3.05) is 5.32 Å². The number of nitrogens with one attached hydrogen (secondary N) is 1. The highest BCUT2D eigenvalue weighted by Crippen LogP contribution is 2.15. The van der Waals surface area contributed by atoms with Crippen molar-refractivity contribution in [2.45, 2.75) is 6.61 Å². The summed E-state index contributed by atoms with van der Waals surface area (Å²) in [6.07, 6.45) is 3.31. The molecule has 26 heavy (non-hydrogen) atoms. The summed E-state index contributed by atoms with van der Waals surface area (Å²) in [5, 5.41) is 2.84. The molecule has 3 nitrogen and oxygen atoms in total. The van der Waals surface area contributed by atoms with Crippen molar-refractivity contribution >= 4 is 40.3 Å². The number of hydrogen-bond donors (Lipinski definition) is 1. The van der Waals surface area contributed by atoms with Crippen LogP contribution in [0.15, 0.2) is 84.9 Å². The van der Waals surface area contributed by atoms with Crippen LogP contribution in [0.3, 0.4) is 0 Å². The SMILES string of the molecule is O=C(/C=C/c1ccc(OCc2ccccc2)cc1)Nc1ccc(I)cc1. The summed E-state index contributed by atoms with van der Waals surface area (Å²) < 4.78 is 6.89. The standard InChI is InChI=1S/C22H18INO2/c23-19-9-11-20(12-10-19)24-22(25)15-8-17-6-13-21(14-7-17)26-16-18-4-2-1-3-5-18/h1-15H,16H2,(H,24,25)/b15-8+. The second-order valence-electron chi connectivity index (χ2n) is 5.67. The van der Waals surface area contributed by atoms with E-state index in [1.165, 1.54) is 6.08 Å². The molecule has 0 saturated heterocycles. The minimum atomic E-state index is -0.157. The molecule has 0 saturated carbocycles. The smallest absolute Gasteiger partial charge is 0.248 e. The zero-order chi connectivity index (χ0) is 18.2. The molecule has 4 heteroatoms. The summed E-state index contributed by atoms with van der Waals surface area (Å²) in [5.41, 5.74) is 2.85. The van der Waals surface area contributed by atoms with Crippen molar-refractivity contribution in [3.05, 3.63) is 99.6 Å². The van der Waals surface area contributed by atoms with Gasteiger partial charge in [0.2, 0.25) is 5.91 Å². The summed E-state index contributed by atoms with van der Waals surface area (Å²) in [6.45, 7) is 0.536. The van der Waals surface area contributed by atoms with E-state index >= 15 is 0 Å². The molecule has 0 atom stereocenters. The van der Waals surface area contributed by atoms with E-state index in [9.17, 15) is 4.79 Å². The van der Waals surface area contributed by atoms with Gasteiger partial charge in [0.05, 0.1) is 0 Å². The highest BCUT2D eigenvalue weighted by atomic mass is 127. The van der Waals surface area contributed by atoms with E-state index in [0.29, 0.717) is 6.61 Å². The summed E-state index contributed by atoms with van der Waals surface area (Å²) in [4.78, 5) is 12.0. The number of carbonyl (C=O) groups is 1. The van der Waals surface area contributed by atoms with Crippen molar-refractivity contribution in [1.29, 1.82) is 0 Å². The van der Waals surface area contributed by atoms with Crippen molar-refractivity contribution in [1.82, 2.24) is 0 Å². The Hall–Kier alpha value is -2.60. The van der Waals surface area contributed by atoms with E-state index in [0.717, 1.165) is 26.1 Å². The molecule has 0 aromatic heterocycles. The molecule has 0 heterocycles. The molecule has 0 aliphatic carbocycles. The minimum Gasteiger partial charge on any atom is -0.489 e. The van der Waals surface area contributed by atoms with E-state index in [-0.39, 0.29) is 5.91 Å². The third-order valence-electron chi connectivity index (χ3n) is 3.67. The normalized spacial score (nSPS) is 10.7. The third kappa shape index (κ3) is 5.74. The first-order valence-corrected chi connectivity index (χ1v) is 9.28. The largest absolute Gasteiger partial charge is 0.489 e. The van der Waals surface area contributed by atoms with Crippen molar-refractivity contribution in [2.24, 2.45) is 0 Å². The Bertz CT molecular complexity index is 872. The van der Waals surface area contributed by atoms with Gasteiger partial charge in [-0.1, -0.05) is 42.5 Å². The van der Waals surface area contributed by atoms with Gasteiger partial charge in [-0.3, -0.25) is 4.79 Å². The molecule has 0 aliphatic rings.